The highest BCUT2D eigenvalue weighted by Gasteiger charge is 2.27. The van der Waals surface area contributed by atoms with E-state index in [2.05, 4.69) is 16.6 Å². The molecule has 158 valence electrons. The highest BCUT2D eigenvalue weighted by atomic mass is 16.8. The van der Waals surface area contributed by atoms with E-state index in [0.717, 1.165) is 0 Å². The van der Waals surface area contributed by atoms with Crippen LogP contribution in [0.2, 0.25) is 0 Å². The van der Waals surface area contributed by atoms with Gasteiger partial charge in [0.15, 0.2) is 0 Å². The Bertz CT molecular complexity index is 491. The van der Waals surface area contributed by atoms with Crippen molar-refractivity contribution < 1.29 is 34.0 Å². The van der Waals surface area contributed by atoms with Gasteiger partial charge in [0.2, 0.25) is 0 Å². The summed E-state index contributed by atoms with van der Waals surface area (Å²) in [5.41, 5.74) is -3.34. The summed E-state index contributed by atoms with van der Waals surface area (Å²) in [4.78, 5) is 22.5. The Morgan fingerprint density at radius 1 is 0.704 bits per heavy atom. The highest BCUT2D eigenvalue weighted by molar-refractivity contribution is 5.77. The number of rotatable bonds is 4. The van der Waals surface area contributed by atoms with Crippen molar-refractivity contribution >= 4 is 12.3 Å². The van der Waals surface area contributed by atoms with E-state index in [1.54, 1.807) is 55.4 Å². The van der Waals surface area contributed by atoms with E-state index in [4.69, 9.17) is 19.7 Å². The first kappa shape index (κ1) is 27.4. The normalized spacial score (nSPS) is 12.0. The van der Waals surface area contributed by atoms with E-state index in [1.807, 2.05) is 13.8 Å². The Labute approximate surface area is 163 Å². The second-order valence-electron chi connectivity index (χ2n) is 8.40. The van der Waals surface area contributed by atoms with Crippen LogP contribution in [0.1, 0.15) is 82.1 Å². The lowest BCUT2D eigenvalue weighted by Crippen LogP contribution is -2.32. The fourth-order valence-corrected chi connectivity index (χ4v) is 1.01. The third-order valence-electron chi connectivity index (χ3n) is 3.26. The van der Waals surface area contributed by atoms with E-state index >= 15 is 0 Å². The minimum absolute atomic E-state index is 0.623. The molecule has 0 spiro atoms. The standard InChI is InChI=1S/C12H22O5.C8H14O2/c1-7-11(3,4)16-9(13)15-10(14)17-12(5,6)8-2;1-7(2,9)5-6-8(3,4)10/h7-8H2,1-6H3;9-10H,1-4H3. The largest absolute Gasteiger partial charge is 0.519 e. The Morgan fingerprint density at radius 2 is 0.963 bits per heavy atom. The van der Waals surface area contributed by atoms with Gasteiger partial charge in [-0.2, -0.15) is 0 Å². The number of ether oxygens (including phenoxy) is 3. The molecule has 0 saturated carbocycles. The van der Waals surface area contributed by atoms with Crippen molar-refractivity contribution in [3.63, 3.8) is 0 Å². The summed E-state index contributed by atoms with van der Waals surface area (Å²) in [5.74, 6) is 5.03. The van der Waals surface area contributed by atoms with Gasteiger partial charge in [0, 0.05) is 0 Å². The minimum Gasteiger partial charge on any atom is -0.428 e. The van der Waals surface area contributed by atoms with Gasteiger partial charge in [0.1, 0.15) is 22.4 Å². The molecule has 0 amide bonds. The van der Waals surface area contributed by atoms with Crippen molar-refractivity contribution in [1.82, 2.24) is 0 Å². The molecule has 0 unspecified atom stereocenters. The average Bonchev–Trinajstić information content (AvgIpc) is 2.43. The van der Waals surface area contributed by atoms with E-state index in [0.29, 0.717) is 12.8 Å². The van der Waals surface area contributed by atoms with Gasteiger partial charge in [-0.05, 0) is 68.2 Å². The van der Waals surface area contributed by atoms with Crippen molar-refractivity contribution in [3.8, 4) is 11.8 Å². The van der Waals surface area contributed by atoms with Gasteiger partial charge in [0.25, 0.3) is 0 Å². The predicted molar refractivity (Wildman–Crippen MR) is 103 cm³/mol. The summed E-state index contributed by atoms with van der Waals surface area (Å²) >= 11 is 0. The van der Waals surface area contributed by atoms with Gasteiger partial charge in [-0.1, -0.05) is 25.7 Å². The predicted octanol–water partition coefficient (Wildman–Crippen LogP) is 4.19. The fraction of sp³-hybridized carbons (Fsp3) is 0.800. The number of hydrogen-bond donors (Lipinski definition) is 2. The van der Waals surface area contributed by atoms with Crippen molar-refractivity contribution in [2.45, 2.75) is 104 Å². The average molecular weight is 389 g/mol. The fourth-order valence-electron chi connectivity index (χ4n) is 1.01. The zero-order valence-electron chi connectivity index (χ0n) is 18.3. The van der Waals surface area contributed by atoms with Crippen molar-refractivity contribution in [1.29, 1.82) is 0 Å². The summed E-state index contributed by atoms with van der Waals surface area (Å²) in [7, 11) is 0. The lowest BCUT2D eigenvalue weighted by atomic mass is 10.1. The maximum absolute atomic E-state index is 11.3. The third kappa shape index (κ3) is 18.8. The first-order valence-corrected chi connectivity index (χ1v) is 8.95. The molecule has 0 aliphatic rings. The summed E-state index contributed by atoms with van der Waals surface area (Å²) in [6, 6.07) is 0. The molecular weight excluding hydrogens is 352 g/mol. The second kappa shape index (κ2) is 10.5. The molecule has 7 heteroatoms. The maximum atomic E-state index is 11.3. The van der Waals surface area contributed by atoms with Gasteiger partial charge < -0.3 is 24.4 Å². The molecule has 2 N–H and O–H groups in total. The van der Waals surface area contributed by atoms with Crippen molar-refractivity contribution in [2.24, 2.45) is 0 Å². The molecule has 0 aliphatic carbocycles. The van der Waals surface area contributed by atoms with Gasteiger partial charge in [-0.15, -0.1) is 0 Å². The minimum atomic E-state index is -1.03. The summed E-state index contributed by atoms with van der Waals surface area (Å²) in [5, 5.41) is 18.2. The molecule has 0 fully saturated rings. The Balaban J connectivity index is 0. The highest BCUT2D eigenvalue weighted by Crippen LogP contribution is 2.17. The van der Waals surface area contributed by atoms with Crippen LogP contribution in [0.4, 0.5) is 9.59 Å². The monoisotopic (exact) mass is 388 g/mol. The number of carbonyl (C=O) groups is 2. The van der Waals surface area contributed by atoms with Crippen LogP contribution >= 0.6 is 0 Å². The Hall–Kier alpha value is -1.78. The van der Waals surface area contributed by atoms with Crippen molar-refractivity contribution in [3.05, 3.63) is 0 Å². The second-order valence-corrected chi connectivity index (χ2v) is 8.40. The number of carbonyl (C=O) groups excluding carboxylic acids is 2. The zero-order chi connectivity index (χ0) is 22.1. The number of hydrogen-bond acceptors (Lipinski definition) is 7. The molecule has 0 heterocycles. The molecule has 0 bridgehead atoms. The Morgan fingerprint density at radius 3 is 1.15 bits per heavy atom. The van der Waals surface area contributed by atoms with Gasteiger partial charge in [-0.25, -0.2) is 9.59 Å². The maximum Gasteiger partial charge on any atom is 0.519 e. The topological polar surface area (TPSA) is 102 Å². The molecular formula is C20H36O7. The van der Waals surface area contributed by atoms with E-state index in [-0.39, 0.29) is 0 Å². The lowest BCUT2D eigenvalue weighted by Gasteiger charge is -2.24. The first-order chi connectivity index (χ1) is 11.8. The Kier molecular flexibility index (Phi) is 10.7. The lowest BCUT2D eigenvalue weighted by molar-refractivity contribution is -0.0401. The van der Waals surface area contributed by atoms with Crippen LogP contribution in [0, 0.1) is 11.8 Å². The molecule has 0 radical (unpaired) electrons. The molecule has 7 nitrogen and oxygen atoms in total. The summed E-state index contributed by atoms with van der Waals surface area (Å²) in [6.45, 7) is 17.0. The van der Waals surface area contributed by atoms with Gasteiger partial charge in [-0.3, -0.25) is 0 Å². The summed E-state index contributed by atoms with van der Waals surface area (Å²) in [6.07, 6.45) is -0.822. The SMILES string of the molecule is CC(C)(O)C#CC(C)(C)O.CCC(C)(C)OC(=O)OC(=O)OC(C)(C)CC. The van der Waals surface area contributed by atoms with Crippen LogP contribution < -0.4 is 0 Å². The molecule has 0 aliphatic heterocycles. The molecule has 27 heavy (non-hydrogen) atoms. The smallest absolute Gasteiger partial charge is 0.428 e. The van der Waals surface area contributed by atoms with Crippen LogP contribution in [-0.2, 0) is 14.2 Å². The molecule has 0 saturated heterocycles. The van der Waals surface area contributed by atoms with Gasteiger partial charge in [0.05, 0.1) is 0 Å². The molecule has 0 aromatic rings. The van der Waals surface area contributed by atoms with E-state index < -0.39 is 34.7 Å². The van der Waals surface area contributed by atoms with Crippen LogP contribution in [-0.4, -0.2) is 44.9 Å². The molecule has 0 rings (SSSR count). The zero-order valence-corrected chi connectivity index (χ0v) is 18.3. The molecule has 0 aromatic heterocycles. The molecule has 0 aromatic carbocycles. The van der Waals surface area contributed by atoms with E-state index in [9.17, 15) is 9.59 Å². The molecule has 0 atom stereocenters. The number of aliphatic hydroxyl groups is 2. The quantitative estimate of drug-likeness (QED) is 0.423. The first-order valence-electron chi connectivity index (χ1n) is 8.95. The third-order valence-corrected chi connectivity index (χ3v) is 3.26. The van der Waals surface area contributed by atoms with Crippen LogP contribution in [0.25, 0.3) is 0 Å². The van der Waals surface area contributed by atoms with Crippen LogP contribution in [0.15, 0.2) is 0 Å². The summed E-state index contributed by atoms with van der Waals surface area (Å²) < 4.78 is 14.3. The van der Waals surface area contributed by atoms with Gasteiger partial charge >= 0.3 is 12.3 Å². The van der Waals surface area contributed by atoms with Crippen molar-refractivity contribution in [2.75, 3.05) is 0 Å². The van der Waals surface area contributed by atoms with Crippen LogP contribution in [0.5, 0.6) is 0 Å². The van der Waals surface area contributed by atoms with Crippen LogP contribution in [0.3, 0.4) is 0 Å². The van der Waals surface area contributed by atoms with E-state index in [1.165, 1.54) is 0 Å².